The average Bonchev–Trinajstić information content (AvgIpc) is 3.05. The Hall–Kier alpha value is -2.28. The van der Waals surface area contributed by atoms with Gasteiger partial charge < -0.3 is 9.84 Å². The van der Waals surface area contributed by atoms with Gasteiger partial charge in [0.15, 0.2) is 0 Å². The van der Waals surface area contributed by atoms with Crippen LogP contribution in [-0.2, 0) is 11.2 Å². The van der Waals surface area contributed by atoms with Gasteiger partial charge in [0.05, 0.1) is 5.56 Å². The Labute approximate surface area is 153 Å². The van der Waals surface area contributed by atoms with Gasteiger partial charge in [0.2, 0.25) is 17.6 Å². The number of carbonyl (C=O) groups excluding carboxylic acids is 1. The van der Waals surface area contributed by atoms with E-state index in [0.717, 1.165) is 6.54 Å². The normalized spacial score (nSPS) is 11.5. The molecule has 0 fully saturated rings. The van der Waals surface area contributed by atoms with E-state index in [1.807, 2.05) is 0 Å². The molecule has 0 aliphatic heterocycles. The molecule has 2 aromatic rings. The van der Waals surface area contributed by atoms with Gasteiger partial charge in [-0.1, -0.05) is 17.3 Å². The minimum absolute atomic E-state index is 0.0666. The number of rotatable bonds is 9. The zero-order valence-electron chi connectivity index (χ0n) is 15.8. The van der Waals surface area contributed by atoms with Crippen LogP contribution < -0.4 is 5.32 Å². The topological polar surface area (TPSA) is 71.3 Å². The Balaban J connectivity index is 1.79. The first-order valence-electron chi connectivity index (χ1n) is 8.98. The molecule has 0 aliphatic rings. The number of amides is 1. The van der Waals surface area contributed by atoms with Crippen molar-refractivity contribution in [3.05, 3.63) is 36.0 Å². The highest BCUT2D eigenvalue weighted by atomic mass is 19.1. The number of aryl methyl sites for hydroxylation is 1. The molecule has 0 unspecified atom stereocenters. The van der Waals surface area contributed by atoms with Crippen LogP contribution in [0.25, 0.3) is 11.4 Å². The lowest BCUT2D eigenvalue weighted by Crippen LogP contribution is -2.42. The summed E-state index contributed by atoms with van der Waals surface area (Å²) in [6, 6.07) is 7.11. The van der Waals surface area contributed by atoms with Crippen LogP contribution in [0.1, 0.15) is 40.0 Å². The SMILES string of the molecule is CC(C)N(CCNC(=O)CCc1nc(-c2ccccc2F)no1)C(C)C. The third kappa shape index (κ3) is 5.62. The monoisotopic (exact) mass is 362 g/mol. The fourth-order valence-electron chi connectivity index (χ4n) is 2.85. The number of nitrogens with one attached hydrogen (secondary N) is 1. The van der Waals surface area contributed by atoms with Gasteiger partial charge in [0, 0.05) is 38.0 Å². The van der Waals surface area contributed by atoms with Gasteiger partial charge >= 0.3 is 0 Å². The third-order valence-corrected chi connectivity index (χ3v) is 4.17. The van der Waals surface area contributed by atoms with Crippen LogP contribution in [0.5, 0.6) is 0 Å². The molecule has 7 heteroatoms. The van der Waals surface area contributed by atoms with Crippen molar-refractivity contribution in [3.63, 3.8) is 0 Å². The van der Waals surface area contributed by atoms with Gasteiger partial charge in [0.1, 0.15) is 5.82 Å². The lowest BCUT2D eigenvalue weighted by molar-refractivity contribution is -0.121. The van der Waals surface area contributed by atoms with Gasteiger partial charge in [-0.2, -0.15) is 4.98 Å². The van der Waals surface area contributed by atoms with Crippen molar-refractivity contribution in [1.82, 2.24) is 20.4 Å². The quantitative estimate of drug-likeness (QED) is 0.742. The maximum Gasteiger partial charge on any atom is 0.227 e. The molecule has 0 spiro atoms. The summed E-state index contributed by atoms with van der Waals surface area (Å²) in [4.78, 5) is 18.5. The summed E-state index contributed by atoms with van der Waals surface area (Å²) in [6.45, 7) is 9.97. The smallest absolute Gasteiger partial charge is 0.227 e. The van der Waals surface area contributed by atoms with Gasteiger partial charge in [-0.3, -0.25) is 9.69 Å². The molecule has 1 aromatic carbocycles. The maximum absolute atomic E-state index is 13.7. The zero-order chi connectivity index (χ0) is 19.1. The van der Waals surface area contributed by atoms with Crippen molar-refractivity contribution in [2.24, 2.45) is 0 Å². The Bertz CT molecular complexity index is 707. The first-order chi connectivity index (χ1) is 12.4. The van der Waals surface area contributed by atoms with Gasteiger partial charge in [-0.05, 0) is 39.8 Å². The second kappa shape index (κ2) is 9.43. The minimum Gasteiger partial charge on any atom is -0.355 e. The van der Waals surface area contributed by atoms with Crippen LogP contribution in [0, 0.1) is 5.82 Å². The lowest BCUT2D eigenvalue weighted by Gasteiger charge is -2.30. The second-order valence-electron chi connectivity index (χ2n) is 6.77. The Morgan fingerprint density at radius 2 is 1.92 bits per heavy atom. The molecule has 6 nitrogen and oxygen atoms in total. The summed E-state index contributed by atoms with van der Waals surface area (Å²) in [5.41, 5.74) is 0.286. The summed E-state index contributed by atoms with van der Waals surface area (Å²) >= 11 is 0. The zero-order valence-corrected chi connectivity index (χ0v) is 15.8. The van der Waals surface area contributed by atoms with Crippen LogP contribution in [0.2, 0.25) is 0 Å². The minimum atomic E-state index is -0.405. The predicted molar refractivity (Wildman–Crippen MR) is 98.0 cm³/mol. The number of aromatic nitrogens is 2. The van der Waals surface area contributed by atoms with E-state index in [0.29, 0.717) is 30.9 Å². The van der Waals surface area contributed by atoms with Crippen molar-refractivity contribution in [3.8, 4) is 11.4 Å². The molecule has 0 bridgehead atoms. The fraction of sp³-hybridized carbons (Fsp3) is 0.526. The standard InChI is InChI=1S/C19H27FN4O2/c1-13(2)24(14(3)4)12-11-21-17(25)9-10-18-22-19(23-26-18)15-7-5-6-8-16(15)20/h5-8,13-14H,9-12H2,1-4H3,(H,21,25). The average molecular weight is 362 g/mol. The van der Waals surface area contributed by atoms with Gasteiger partial charge in [0.25, 0.3) is 0 Å². The van der Waals surface area contributed by atoms with Gasteiger partial charge in [-0.25, -0.2) is 4.39 Å². The van der Waals surface area contributed by atoms with E-state index in [1.54, 1.807) is 18.2 Å². The Morgan fingerprint density at radius 1 is 1.23 bits per heavy atom. The van der Waals surface area contributed by atoms with Crippen LogP contribution in [-0.4, -0.2) is 46.1 Å². The Kier molecular flexibility index (Phi) is 7.26. The highest BCUT2D eigenvalue weighted by molar-refractivity contribution is 5.76. The number of nitrogens with zero attached hydrogens (tertiary/aromatic N) is 3. The molecule has 1 amide bonds. The molecule has 2 rings (SSSR count). The summed E-state index contributed by atoms with van der Waals surface area (Å²) in [5.74, 6) is 0.0490. The van der Waals surface area contributed by atoms with Crippen molar-refractivity contribution in [2.45, 2.75) is 52.6 Å². The first kappa shape index (κ1) is 20.0. The second-order valence-corrected chi connectivity index (χ2v) is 6.77. The molecule has 0 saturated heterocycles. The summed E-state index contributed by atoms with van der Waals surface area (Å²) < 4.78 is 18.8. The highest BCUT2D eigenvalue weighted by Gasteiger charge is 2.15. The predicted octanol–water partition coefficient (Wildman–Crippen LogP) is 3.04. The Morgan fingerprint density at radius 3 is 2.58 bits per heavy atom. The molecule has 142 valence electrons. The molecular weight excluding hydrogens is 335 g/mol. The van der Waals surface area contributed by atoms with E-state index in [-0.39, 0.29) is 23.7 Å². The van der Waals surface area contributed by atoms with E-state index in [2.05, 4.69) is 48.1 Å². The summed E-state index contributed by atoms with van der Waals surface area (Å²) in [5, 5.41) is 6.70. The lowest BCUT2D eigenvalue weighted by atomic mass is 10.2. The number of halogens is 1. The van der Waals surface area contributed by atoms with Gasteiger partial charge in [-0.15, -0.1) is 0 Å². The molecule has 0 aliphatic carbocycles. The van der Waals surface area contributed by atoms with Crippen molar-refractivity contribution < 1.29 is 13.7 Å². The molecule has 0 radical (unpaired) electrons. The van der Waals surface area contributed by atoms with Crippen molar-refractivity contribution in [1.29, 1.82) is 0 Å². The van der Waals surface area contributed by atoms with Crippen LogP contribution in [0.4, 0.5) is 4.39 Å². The van der Waals surface area contributed by atoms with Crippen LogP contribution in [0.3, 0.4) is 0 Å². The first-order valence-corrected chi connectivity index (χ1v) is 8.98. The van der Waals surface area contributed by atoms with E-state index < -0.39 is 5.82 Å². The van der Waals surface area contributed by atoms with Crippen LogP contribution >= 0.6 is 0 Å². The van der Waals surface area contributed by atoms with Crippen molar-refractivity contribution >= 4 is 5.91 Å². The number of hydrogen-bond acceptors (Lipinski definition) is 5. The van der Waals surface area contributed by atoms with E-state index >= 15 is 0 Å². The number of hydrogen-bond donors (Lipinski definition) is 1. The highest BCUT2D eigenvalue weighted by Crippen LogP contribution is 2.19. The molecule has 26 heavy (non-hydrogen) atoms. The third-order valence-electron chi connectivity index (χ3n) is 4.17. The van der Waals surface area contributed by atoms with E-state index in [9.17, 15) is 9.18 Å². The summed E-state index contributed by atoms with van der Waals surface area (Å²) in [7, 11) is 0. The van der Waals surface area contributed by atoms with E-state index in [1.165, 1.54) is 6.07 Å². The number of carbonyl (C=O) groups is 1. The van der Waals surface area contributed by atoms with Crippen molar-refractivity contribution in [2.75, 3.05) is 13.1 Å². The molecule has 1 aromatic heterocycles. The fourth-order valence-corrected chi connectivity index (χ4v) is 2.85. The molecule has 0 atom stereocenters. The molecule has 0 saturated carbocycles. The summed E-state index contributed by atoms with van der Waals surface area (Å²) in [6.07, 6.45) is 0.577. The molecule has 1 N–H and O–H groups in total. The largest absolute Gasteiger partial charge is 0.355 e. The van der Waals surface area contributed by atoms with E-state index in [4.69, 9.17) is 4.52 Å². The molecule has 1 heterocycles. The maximum atomic E-state index is 13.7. The van der Waals surface area contributed by atoms with Crippen LogP contribution in [0.15, 0.2) is 28.8 Å². The molecular formula is C19H27FN4O2. The number of benzene rings is 1.